The van der Waals surface area contributed by atoms with Crippen LogP contribution < -0.4 is 5.32 Å². The van der Waals surface area contributed by atoms with Crippen molar-refractivity contribution in [1.82, 2.24) is 5.32 Å². The number of hydrogen-bond donors (Lipinski definition) is 3. The maximum absolute atomic E-state index is 13.0. The van der Waals surface area contributed by atoms with E-state index in [1.165, 1.54) is 250 Å². The van der Waals surface area contributed by atoms with Gasteiger partial charge < -0.3 is 19.8 Å². The van der Waals surface area contributed by atoms with E-state index in [4.69, 9.17) is 9.05 Å². The molecule has 432 valence electrons. The number of phosphoric acid groups is 1. The summed E-state index contributed by atoms with van der Waals surface area (Å²) in [4.78, 5) is 23.3. The second-order valence-electron chi connectivity index (χ2n) is 23.1. The van der Waals surface area contributed by atoms with Gasteiger partial charge in [-0.05, 0) is 44.9 Å². The Balaban J connectivity index is 3.95. The molecular weight excluding hydrogens is 924 g/mol. The van der Waals surface area contributed by atoms with Crippen LogP contribution in [-0.4, -0.2) is 73.4 Å². The fourth-order valence-electron chi connectivity index (χ4n) is 9.61. The molecule has 0 heterocycles. The SMILES string of the molecule is CCCCCCC/C=C/CC/C=C/CC/C=C/C(O)C(COP(=O)(O)OCC[N+](C)(C)C)NC(=O)CCCCCCCCCCCCCCCCCCCCCCCCCCCCCCCCCCCCCC. The summed E-state index contributed by atoms with van der Waals surface area (Å²) in [6, 6.07) is -0.867. The van der Waals surface area contributed by atoms with E-state index in [0.717, 1.165) is 44.9 Å². The van der Waals surface area contributed by atoms with Crippen molar-refractivity contribution in [2.75, 3.05) is 40.9 Å². The smallest absolute Gasteiger partial charge is 0.387 e. The first-order chi connectivity index (χ1) is 35.5. The molecule has 0 saturated heterocycles. The number of nitrogens with one attached hydrogen (secondary N) is 1. The molecule has 0 aliphatic carbocycles. The van der Waals surface area contributed by atoms with E-state index in [1.807, 2.05) is 27.2 Å². The van der Waals surface area contributed by atoms with Gasteiger partial charge in [0.1, 0.15) is 13.2 Å². The van der Waals surface area contributed by atoms with Gasteiger partial charge in [-0.2, -0.15) is 0 Å². The van der Waals surface area contributed by atoms with Gasteiger partial charge in [-0.25, -0.2) is 4.57 Å². The van der Waals surface area contributed by atoms with Gasteiger partial charge in [-0.1, -0.05) is 301 Å². The predicted octanol–water partition coefficient (Wildman–Crippen LogP) is 19.7. The first-order valence-corrected chi connectivity index (χ1v) is 33.4. The van der Waals surface area contributed by atoms with Crippen LogP contribution in [0.1, 0.15) is 316 Å². The number of phosphoric ester groups is 1. The molecule has 73 heavy (non-hydrogen) atoms. The number of allylic oxidation sites excluding steroid dienone is 5. The minimum atomic E-state index is -4.36. The Labute approximate surface area is 455 Å². The monoisotopic (exact) mass is 1050 g/mol. The number of rotatable bonds is 59. The van der Waals surface area contributed by atoms with Gasteiger partial charge >= 0.3 is 7.82 Å². The summed E-state index contributed by atoms with van der Waals surface area (Å²) >= 11 is 0. The molecule has 0 fully saturated rings. The Hall–Kier alpha value is -1.28. The second kappa shape index (κ2) is 55.5. The number of hydrogen-bond acceptors (Lipinski definition) is 5. The number of unbranched alkanes of at least 4 members (excludes halogenated alkanes) is 42. The highest BCUT2D eigenvalue weighted by Crippen LogP contribution is 2.43. The van der Waals surface area contributed by atoms with E-state index in [9.17, 15) is 19.4 Å². The molecule has 8 nitrogen and oxygen atoms in total. The number of nitrogens with zero attached hydrogens (tertiary/aromatic N) is 1. The Morgan fingerprint density at radius 2 is 0.753 bits per heavy atom. The average molecular weight is 1050 g/mol. The molecule has 0 aliphatic heterocycles. The quantitative estimate of drug-likeness (QED) is 0.0243. The van der Waals surface area contributed by atoms with E-state index in [1.54, 1.807) is 6.08 Å². The van der Waals surface area contributed by atoms with E-state index >= 15 is 0 Å². The molecule has 0 aliphatic rings. The van der Waals surface area contributed by atoms with Crippen molar-refractivity contribution in [2.24, 2.45) is 0 Å². The molecule has 3 N–H and O–H groups in total. The van der Waals surface area contributed by atoms with Gasteiger partial charge in [-0.15, -0.1) is 0 Å². The number of amides is 1. The molecule has 0 aromatic carbocycles. The molecule has 1 amide bonds. The number of aliphatic hydroxyl groups excluding tert-OH is 1. The molecule has 0 aromatic heterocycles. The first kappa shape index (κ1) is 71.7. The third-order valence-corrected chi connectivity index (χ3v) is 15.6. The minimum Gasteiger partial charge on any atom is -0.387 e. The zero-order valence-corrected chi connectivity index (χ0v) is 50.3. The van der Waals surface area contributed by atoms with Gasteiger partial charge in [0.2, 0.25) is 5.91 Å². The van der Waals surface area contributed by atoms with Crippen LogP contribution in [0.3, 0.4) is 0 Å². The van der Waals surface area contributed by atoms with Crippen LogP contribution >= 0.6 is 7.82 Å². The molecule has 0 spiro atoms. The van der Waals surface area contributed by atoms with Crippen molar-refractivity contribution >= 4 is 13.7 Å². The molecule has 0 rings (SSSR count). The summed E-state index contributed by atoms with van der Waals surface area (Å²) in [6.07, 6.45) is 73.0. The number of likely N-dealkylation sites (N-methyl/N-ethyl adjacent to an activating group) is 1. The highest BCUT2D eigenvalue weighted by Gasteiger charge is 2.27. The summed E-state index contributed by atoms with van der Waals surface area (Å²) in [5.41, 5.74) is 0. The number of aliphatic hydroxyl groups is 1. The summed E-state index contributed by atoms with van der Waals surface area (Å²) in [7, 11) is 1.56. The molecule has 0 saturated carbocycles. The summed E-state index contributed by atoms with van der Waals surface area (Å²) in [5, 5.41) is 13.9. The van der Waals surface area contributed by atoms with Crippen molar-refractivity contribution in [1.29, 1.82) is 0 Å². The van der Waals surface area contributed by atoms with E-state index in [-0.39, 0.29) is 19.1 Å². The van der Waals surface area contributed by atoms with E-state index in [0.29, 0.717) is 17.4 Å². The minimum absolute atomic E-state index is 0.0550. The first-order valence-electron chi connectivity index (χ1n) is 31.9. The highest BCUT2D eigenvalue weighted by atomic mass is 31.2. The summed E-state index contributed by atoms with van der Waals surface area (Å²) < 4.78 is 23.7. The normalized spacial score (nSPS) is 14.0. The van der Waals surface area contributed by atoms with Gasteiger partial charge in [0.05, 0.1) is 39.9 Å². The zero-order valence-electron chi connectivity index (χ0n) is 49.4. The van der Waals surface area contributed by atoms with Crippen molar-refractivity contribution in [3.63, 3.8) is 0 Å². The predicted molar refractivity (Wildman–Crippen MR) is 318 cm³/mol. The Bertz CT molecular complexity index is 1280. The van der Waals surface area contributed by atoms with Gasteiger partial charge in [-0.3, -0.25) is 13.8 Å². The summed E-state index contributed by atoms with van der Waals surface area (Å²) in [5.74, 6) is -0.186. The van der Waals surface area contributed by atoms with Crippen molar-refractivity contribution in [3.8, 4) is 0 Å². The van der Waals surface area contributed by atoms with Crippen LogP contribution in [0.4, 0.5) is 0 Å². The molecular formula is C64H126N2O6P+. The molecule has 3 atom stereocenters. The van der Waals surface area contributed by atoms with Crippen LogP contribution in [0.5, 0.6) is 0 Å². The lowest BCUT2D eigenvalue weighted by molar-refractivity contribution is -0.870. The fourth-order valence-corrected chi connectivity index (χ4v) is 10.3. The topological polar surface area (TPSA) is 105 Å². The average Bonchev–Trinajstić information content (AvgIpc) is 3.35. The second-order valence-corrected chi connectivity index (χ2v) is 24.6. The van der Waals surface area contributed by atoms with Gasteiger partial charge in [0.15, 0.2) is 0 Å². The zero-order chi connectivity index (χ0) is 53.5. The van der Waals surface area contributed by atoms with Gasteiger partial charge in [0, 0.05) is 6.42 Å². The Morgan fingerprint density at radius 1 is 0.452 bits per heavy atom. The lowest BCUT2D eigenvalue weighted by Crippen LogP contribution is -2.45. The third kappa shape index (κ3) is 58.2. The highest BCUT2D eigenvalue weighted by molar-refractivity contribution is 7.47. The Morgan fingerprint density at radius 3 is 1.10 bits per heavy atom. The van der Waals surface area contributed by atoms with Crippen LogP contribution in [0.25, 0.3) is 0 Å². The lowest BCUT2D eigenvalue weighted by Gasteiger charge is -2.25. The summed E-state index contributed by atoms with van der Waals surface area (Å²) in [6.45, 7) is 4.81. The molecule has 9 heteroatoms. The largest absolute Gasteiger partial charge is 0.472 e. The van der Waals surface area contributed by atoms with Crippen LogP contribution in [0.2, 0.25) is 0 Å². The standard InChI is InChI=1S/C64H125N2O6P/c1-6-8-10-12-14-16-18-20-22-23-24-25-26-27-28-29-30-31-32-33-34-35-36-37-38-39-40-41-42-44-46-48-50-52-54-56-58-64(68)65-62(61-72-73(69,70)71-60-59-66(3,4)5)63(67)57-55-53-51-49-47-45-43-21-19-17-15-13-11-9-7-2/h19,21,47,49,55,57,62-63,67H,6-18,20,22-46,48,50-54,56,58-61H2,1-5H3,(H-,65,68,69,70)/p+1/b21-19+,49-47+,57-55+. The molecule has 0 bridgehead atoms. The van der Waals surface area contributed by atoms with Crippen LogP contribution in [0, 0.1) is 0 Å². The van der Waals surface area contributed by atoms with Crippen LogP contribution in [0.15, 0.2) is 36.5 Å². The molecule has 0 aromatic rings. The van der Waals surface area contributed by atoms with Crippen LogP contribution in [-0.2, 0) is 18.4 Å². The number of quaternary nitrogens is 1. The Kier molecular flexibility index (Phi) is 54.5. The number of carbonyl (C=O) groups is 1. The third-order valence-electron chi connectivity index (χ3n) is 14.6. The molecule has 0 radical (unpaired) electrons. The fraction of sp³-hybridized carbons (Fsp3) is 0.891. The van der Waals surface area contributed by atoms with Crippen molar-refractivity contribution in [2.45, 2.75) is 328 Å². The van der Waals surface area contributed by atoms with Gasteiger partial charge in [0.25, 0.3) is 0 Å². The lowest BCUT2D eigenvalue weighted by atomic mass is 10.0. The van der Waals surface area contributed by atoms with E-state index in [2.05, 4.69) is 43.5 Å². The van der Waals surface area contributed by atoms with Crippen molar-refractivity contribution < 1.29 is 32.9 Å². The molecule has 3 unspecified atom stereocenters. The maximum Gasteiger partial charge on any atom is 0.472 e. The van der Waals surface area contributed by atoms with E-state index < -0.39 is 20.0 Å². The maximum atomic E-state index is 13.0. The number of carbonyl (C=O) groups excluding carboxylic acids is 1. The van der Waals surface area contributed by atoms with Crippen molar-refractivity contribution in [3.05, 3.63) is 36.5 Å².